The van der Waals surface area contributed by atoms with Crippen LogP contribution in [0.1, 0.15) is 36.1 Å². The van der Waals surface area contributed by atoms with E-state index in [4.69, 9.17) is 0 Å². The van der Waals surface area contributed by atoms with Crippen LogP contribution >= 0.6 is 11.3 Å². The molecule has 2 fully saturated rings. The van der Waals surface area contributed by atoms with Gasteiger partial charge in [-0.25, -0.2) is 0 Å². The normalized spacial score (nSPS) is 26.2. The van der Waals surface area contributed by atoms with Gasteiger partial charge in [-0.1, -0.05) is 0 Å². The number of carbonyl (C=O) groups excluding carboxylic acids is 1. The number of hydrogen-bond acceptors (Lipinski definition) is 4. The molecule has 1 amide bonds. The van der Waals surface area contributed by atoms with Crippen LogP contribution in [-0.4, -0.2) is 43.0 Å². The molecule has 0 radical (unpaired) electrons. The van der Waals surface area contributed by atoms with Gasteiger partial charge in [0.15, 0.2) is 0 Å². The molecule has 2 aliphatic rings. The standard InChI is InChI=1S/C17H27N3OS/c1-13-6-9-22-16(13)12-20-8-3-4-14(11-20)10-19-17(21)15-5-2-7-18-15/h6,9,14-15,18H,2-5,7-8,10-12H2,1H3,(H,19,21). The summed E-state index contributed by atoms with van der Waals surface area (Å²) in [5, 5.41) is 8.61. The van der Waals surface area contributed by atoms with E-state index < -0.39 is 0 Å². The molecular formula is C17H27N3OS. The molecule has 0 aromatic carbocycles. The number of amides is 1. The molecule has 0 aliphatic carbocycles. The van der Waals surface area contributed by atoms with Gasteiger partial charge >= 0.3 is 0 Å². The van der Waals surface area contributed by atoms with Gasteiger partial charge in [0.05, 0.1) is 6.04 Å². The Balaban J connectivity index is 1.44. The average Bonchev–Trinajstić information content (AvgIpc) is 3.18. The van der Waals surface area contributed by atoms with Crippen molar-refractivity contribution in [3.8, 4) is 0 Å². The van der Waals surface area contributed by atoms with Crippen LogP contribution in [0.3, 0.4) is 0 Å². The van der Waals surface area contributed by atoms with Crippen LogP contribution < -0.4 is 10.6 Å². The molecule has 2 atom stereocenters. The Bertz CT molecular complexity index is 496. The topological polar surface area (TPSA) is 44.4 Å². The van der Waals surface area contributed by atoms with Crippen LogP contribution in [0.15, 0.2) is 11.4 Å². The molecule has 3 heterocycles. The summed E-state index contributed by atoms with van der Waals surface area (Å²) in [6.45, 7) is 7.37. The Kier molecular flexibility index (Phi) is 5.50. The Morgan fingerprint density at radius 2 is 2.36 bits per heavy atom. The minimum absolute atomic E-state index is 0.0495. The first-order valence-electron chi connectivity index (χ1n) is 8.49. The van der Waals surface area contributed by atoms with Crippen LogP contribution in [0.2, 0.25) is 0 Å². The maximum absolute atomic E-state index is 12.1. The van der Waals surface area contributed by atoms with Gasteiger partial charge in [0.1, 0.15) is 0 Å². The van der Waals surface area contributed by atoms with Crippen LogP contribution in [0.25, 0.3) is 0 Å². The molecule has 22 heavy (non-hydrogen) atoms. The summed E-state index contributed by atoms with van der Waals surface area (Å²) in [5.74, 6) is 0.795. The number of rotatable bonds is 5. The fourth-order valence-electron chi connectivity index (χ4n) is 3.51. The maximum atomic E-state index is 12.1. The van der Waals surface area contributed by atoms with Gasteiger partial charge in [-0.15, -0.1) is 11.3 Å². The molecule has 3 rings (SSSR count). The molecular weight excluding hydrogens is 294 g/mol. The Morgan fingerprint density at radius 3 is 3.09 bits per heavy atom. The molecule has 0 spiro atoms. The van der Waals surface area contributed by atoms with Gasteiger partial charge in [0.25, 0.3) is 0 Å². The van der Waals surface area contributed by atoms with Crippen LogP contribution in [0.5, 0.6) is 0 Å². The zero-order valence-corrected chi connectivity index (χ0v) is 14.3. The summed E-state index contributed by atoms with van der Waals surface area (Å²) in [7, 11) is 0. The van der Waals surface area contributed by atoms with Crippen molar-refractivity contribution in [3.05, 3.63) is 21.9 Å². The molecule has 2 N–H and O–H groups in total. The molecule has 5 heteroatoms. The number of piperidine rings is 1. The molecule has 122 valence electrons. The fourth-order valence-corrected chi connectivity index (χ4v) is 4.45. The van der Waals surface area contributed by atoms with Crippen LogP contribution in [0.4, 0.5) is 0 Å². The monoisotopic (exact) mass is 321 g/mol. The highest BCUT2D eigenvalue weighted by Crippen LogP contribution is 2.22. The van der Waals surface area contributed by atoms with Gasteiger partial charge in [0.2, 0.25) is 5.91 Å². The van der Waals surface area contributed by atoms with E-state index in [-0.39, 0.29) is 11.9 Å². The Hall–Kier alpha value is -0.910. The zero-order valence-electron chi connectivity index (χ0n) is 13.4. The van der Waals surface area contributed by atoms with Crippen molar-refractivity contribution in [3.63, 3.8) is 0 Å². The van der Waals surface area contributed by atoms with Crippen molar-refractivity contribution in [1.29, 1.82) is 0 Å². The van der Waals surface area contributed by atoms with Crippen molar-refractivity contribution in [1.82, 2.24) is 15.5 Å². The molecule has 0 bridgehead atoms. The third-order valence-corrected chi connectivity index (χ3v) is 5.89. The highest BCUT2D eigenvalue weighted by molar-refractivity contribution is 7.10. The van der Waals surface area contributed by atoms with E-state index in [9.17, 15) is 4.79 Å². The number of likely N-dealkylation sites (tertiary alicyclic amines) is 1. The fraction of sp³-hybridized carbons (Fsp3) is 0.706. The van der Waals surface area contributed by atoms with Crippen LogP contribution in [0, 0.1) is 12.8 Å². The Labute approximate surface area is 137 Å². The first-order chi connectivity index (χ1) is 10.7. The number of carbonyl (C=O) groups is 1. The van der Waals surface area contributed by atoms with Gasteiger partial charge < -0.3 is 10.6 Å². The number of thiophene rings is 1. The predicted molar refractivity (Wildman–Crippen MR) is 91.1 cm³/mol. The second-order valence-electron chi connectivity index (χ2n) is 6.66. The lowest BCUT2D eigenvalue weighted by Crippen LogP contribution is -2.45. The summed E-state index contributed by atoms with van der Waals surface area (Å²) in [4.78, 5) is 16.1. The third kappa shape index (κ3) is 4.09. The summed E-state index contributed by atoms with van der Waals surface area (Å²) < 4.78 is 0. The van der Waals surface area contributed by atoms with E-state index in [0.717, 1.165) is 39.0 Å². The Morgan fingerprint density at radius 1 is 1.45 bits per heavy atom. The SMILES string of the molecule is Cc1ccsc1CN1CCCC(CNC(=O)C2CCCN2)C1. The van der Waals surface area contributed by atoms with Crippen molar-refractivity contribution in [2.45, 2.75) is 45.2 Å². The van der Waals surface area contributed by atoms with E-state index in [1.54, 1.807) is 0 Å². The minimum atomic E-state index is 0.0495. The van der Waals surface area contributed by atoms with E-state index in [0.29, 0.717) is 5.92 Å². The number of nitrogens with one attached hydrogen (secondary N) is 2. The molecule has 2 saturated heterocycles. The molecule has 1 aromatic heterocycles. The smallest absolute Gasteiger partial charge is 0.237 e. The second kappa shape index (κ2) is 7.57. The zero-order chi connectivity index (χ0) is 15.4. The average molecular weight is 321 g/mol. The molecule has 2 aliphatic heterocycles. The lowest BCUT2D eigenvalue weighted by Gasteiger charge is -2.32. The highest BCUT2D eigenvalue weighted by Gasteiger charge is 2.24. The van der Waals surface area contributed by atoms with E-state index in [2.05, 4.69) is 33.9 Å². The second-order valence-corrected chi connectivity index (χ2v) is 7.66. The van der Waals surface area contributed by atoms with Crippen molar-refractivity contribution in [2.24, 2.45) is 5.92 Å². The largest absolute Gasteiger partial charge is 0.354 e. The summed E-state index contributed by atoms with van der Waals surface area (Å²) in [5.41, 5.74) is 1.41. The van der Waals surface area contributed by atoms with E-state index in [1.165, 1.54) is 29.8 Å². The number of aryl methyl sites for hydroxylation is 1. The van der Waals surface area contributed by atoms with E-state index >= 15 is 0 Å². The lowest BCUT2D eigenvalue weighted by molar-refractivity contribution is -0.123. The van der Waals surface area contributed by atoms with Gasteiger partial charge in [-0.05, 0) is 68.6 Å². The molecule has 4 nitrogen and oxygen atoms in total. The molecule has 1 aromatic rings. The van der Waals surface area contributed by atoms with Crippen molar-refractivity contribution >= 4 is 17.2 Å². The number of hydrogen-bond donors (Lipinski definition) is 2. The predicted octanol–water partition coefficient (Wildman–Crippen LogP) is 2.14. The van der Waals surface area contributed by atoms with Gasteiger partial charge in [0, 0.05) is 24.5 Å². The first kappa shape index (κ1) is 16.0. The van der Waals surface area contributed by atoms with Gasteiger partial charge in [-0.2, -0.15) is 0 Å². The van der Waals surface area contributed by atoms with Crippen molar-refractivity contribution < 1.29 is 4.79 Å². The summed E-state index contributed by atoms with van der Waals surface area (Å²) in [6, 6.07) is 2.25. The van der Waals surface area contributed by atoms with Gasteiger partial charge in [-0.3, -0.25) is 9.69 Å². The lowest BCUT2D eigenvalue weighted by atomic mass is 9.97. The summed E-state index contributed by atoms with van der Waals surface area (Å²) >= 11 is 1.86. The third-order valence-electron chi connectivity index (χ3n) is 4.88. The number of nitrogens with zero attached hydrogens (tertiary/aromatic N) is 1. The molecule has 2 unspecified atom stereocenters. The highest BCUT2D eigenvalue weighted by atomic mass is 32.1. The quantitative estimate of drug-likeness (QED) is 0.873. The minimum Gasteiger partial charge on any atom is -0.354 e. The van der Waals surface area contributed by atoms with E-state index in [1.807, 2.05) is 11.3 Å². The first-order valence-corrected chi connectivity index (χ1v) is 9.37. The maximum Gasteiger partial charge on any atom is 0.237 e. The van der Waals surface area contributed by atoms with Crippen molar-refractivity contribution in [2.75, 3.05) is 26.2 Å². The molecule has 0 saturated carbocycles. The van der Waals surface area contributed by atoms with Crippen LogP contribution in [-0.2, 0) is 11.3 Å². The summed E-state index contributed by atoms with van der Waals surface area (Å²) in [6.07, 6.45) is 4.58.